The van der Waals surface area contributed by atoms with Crippen LogP contribution in [0.4, 0.5) is 0 Å². The van der Waals surface area contributed by atoms with Gasteiger partial charge in [-0.05, 0) is 31.7 Å². The van der Waals surface area contributed by atoms with Crippen molar-refractivity contribution >= 4 is 35.8 Å². The summed E-state index contributed by atoms with van der Waals surface area (Å²) in [7, 11) is 0. The zero-order valence-electron chi connectivity index (χ0n) is 16.4. The molecule has 1 aliphatic rings. The summed E-state index contributed by atoms with van der Waals surface area (Å²) in [6.45, 7) is 8.66. The predicted octanol–water partition coefficient (Wildman–Crippen LogP) is 2.56. The highest BCUT2D eigenvalue weighted by Gasteiger charge is 2.18. The van der Waals surface area contributed by atoms with Crippen LogP contribution in [0.2, 0.25) is 0 Å². The van der Waals surface area contributed by atoms with Crippen LogP contribution in [0.3, 0.4) is 0 Å². The Kier molecular flexibility index (Phi) is 11.8. The van der Waals surface area contributed by atoms with Gasteiger partial charge in [-0.25, -0.2) is 9.98 Å². The Morgan fingerprint density at radius 1 is 1.33 bits per heavy atom. The third-order valence-electron chi connectivity index (χ3n) is 4.08. The molecule has 0 saturated carbocycles. The van der Waals surface area contributed by atoms with E-state index in [9.17, 15) is 4.79 Å². The lowest BCUT2D eigenvalue weighted by atomic mass is 10.3. The Labute approximate surface area is 179 Å². The molecule has 1 aromatic rings. The molecule has 1 fully saturated rings. The van der Waals surface area contributed by atoms with Crippen molar-refractivity contribution in [2.45, 2.75) is 46.1 Å². The van der Waals surface area contributed by atoms with E-state index in [4.69, 9.17) is 4.74 Å². The summed E-state index contributed by atoms with van der Waals surface area (Å²) in [6, 6.07) is 3.87. The average Bonchev–Trinajstić information content (AvgIpc) is 3.07. The van der Waals surface area contributed by atoms with Crippen molar-refractivity contribution in [2.75, 3.05) is 32.8 Å². The first kappa shape index (κ1) is 23.5. The summed E-state index contributed by atoms with van der Waals surface area (Å²) in [5, 5.41) is 6.57. The van der Waals surface area contributed by atoms with Crippen LogP contribution in [0.1, 0.15) is 45.1 Å². The fourth-order valence-electron chi connectivity index (χ4n) is 2.73. The topological polar surface area (TPSA) is 78.9 Å². The number of halogens is 1. The number of ether oxygens (including phenoxy) is 1. The number of carbonyl (C=O) groups is 1. The zero-order valence-corrected chi connectivity index (χ0v) is 18.7. The van der Waals surface area contributed by atoms with Crippen molar-refractivity contribution in [1.82, 2.24) is 20.5 Å². The number of hydrogen-bond donors (Lipinski definition) is 2. The number of carbonyl (C=O) groups excluding carboxylic acids is 1. The van der Waals surface area contributed by atoms with Gasteiger partial charge in [0, 0.05) is 44.9 Å². The lowest BCUT2D eigenvalue weighted by Gasteiger charge is -2.16. The van der Waals surface area contributed by atoms with Gasteiger partial charge < -0.3 is 20.3 Å². The lowest BCUT2D eigenvalue weighted by Crippen LogP contribution is -2.39. The van der Waals surface area contributed by atoms with Gasteiger partial charge in [-0.2, -0.15) is 0 Å². The van der Waals surface area contributed by atoms with E-state index in [-0.39, 0.29) is 29.9 Å². The number of rotatable bonds is 10. The highest BCUT2D eigenvalue weighted by atomic mass is 127. The van der Waals surface area contributed by atoms with Crippen LogP contribution < -0.4 is 15.4 Å². The molecular weight excluding hydrogens is 457 g/mol. The largest absolute Gasteiger partial charge is 0.478 e. The maximum atomic E-state index is 11.6. The number of nitrogens with zero attached hydrogens (tertiary/aromatic N) is 3. The molecule has 0 bridgehead atoms. The summed E-state index contributed by atoms with van der Waals surface area (Å²) in [6.07, 6.45) is 5.39. The van der Waals surface area contributed by atoms with Crippen molar-refractivity contribution in [3.8, 4) is 5.88 Å². The molecule has 152 valence electrons. The average molecular weight is 489 g/mol. The molecule has 0 radical (unpaired) electrons. The molecule has 2 heterocycles. The van der Waals surface area contributed by atoms with Crippen molar-refractivity contribution in [2.24, 2.45) is 4.99 Å². The Hall–Kier alpha value is -1.58. The highest BCUT2D eigenvalue weighted by Crippen LogP contribution is 2.10. The molecule has 0 atom stereocenters. The van der Waals surface area contributed by atoms with Gasteiger partial charge in [0.05, 0.1) is 13.2 Å². The molecule has 1 aliphatic heterocycles. The predicted molar refractivity (Wildman–Crippen MR) is 119 cm³/mol. The SMILES string of the molecule is CCCOc1ccc(CN=C(NCC)NCCCN2CCCC2=O)cn1.I. The highest BCUT2D eigenvalue weighted by molar-refractivity contribution is 14.0. The second-order valence-corrected chi connectivity index (χ2v) is 6.31. The van der Waals surface area contributed by atoms with Crippen molar-refractivity contribution in [3.05, 3.63) is 23.9 Å². The first-order valence-corrected chi connectivity index (χ1v) is 9.60. The second-order valence-electron chi connectivity index (χ2n) is 6.31. The standard InChI is InChI=1S/C19H31N5O2.HI/c1-3-13-26-17-9-8-16(14-22-17)15-23-19(20-4-2)21-10-6-12-24-11-5-7-18(24)25;/h8-9,14H,3-7,10-13,15H2,1-2H3,(H2,20,21,23);1H. The fourth-order valence-corrected chi connectivity index (χ4v) is 2.73. The van der Waals surface area contributed by atoms with E-state index in [1.807, 2.05) is 24.0 Å². The van der Waals surface area contributed by atoms with Gasteiger partial charge in [-0.1, -0.05) is 13.0 Å². The van der Waals surface area contributed by atoms with Crippen LogP contribution in [0.15, 0.2) is 23.3 Å². The minimum Gasteiger partial charge on any atom is -0.478 e. The zero-order chi connectivity index (χ0) is 18.6. The first-order valence-electron chi connectivity index (χ1n) is 9.60. The summed E-state index contributed by atoms with van der Waals surface area (Å²) >= 11 is 0. The van der Waals surface area contributed by atoms with Crippen LogP contribution in [0, 0.1) is 0 Å². The van der Waals surface area contributed by atoms with E-state index >= 15 is 0 Å². The molecule has 0 aliphatic carbocycles. The number of aromatic nitrogens is 1. The lowest BCUT2D eigenvalue weighted by molar-refractivity contribution is -0.127. The molecule has 7 nitrogen and oxygen atoms in total. The van der Waals surface area contributed by atoms with E-state index in [1.54, 1.807) is 6.20 Å². The molecule has 27 heavy (non-hydrogen) atoms. The van der Waals surface area contributed by atoms with E-state index in [0.717, 1.165) is 57.0 Å². The Balaban J connectivity index is 0.00000364. The Morgan fingerprint density at radius 2 is 2.19 bits per heavy atom. The molecule has 0 spiro atoms. The van der Waals surface area contributed by atoms with Gasteiger partial charge in [0.25, 0.3) is 0 Å². The molecule has 1 amide bonds. The number of hydrogen-bond acceptors (Lipinski definition) is 4. The number of likely N-dealkylation sites (tertiary alicyclic amines) is 1. The smallest absolute Gasteiger partial charge is 0.222 e. The number of aliphatic imine (C=N–C) groups is 1. The fraction of sp³-hybridized carbons (Fsp3) is 0.632. The molecule has 2 rings (SSSR count). The summed E-state index contributed by atoms with van der Waals surface area (Å²) < 4.78 is 5.49. The van der Waals surface area contributed by atoms with Gasteiger partial charge in [-0.3, -0.25) is 4.79 Å². The minimum atomic E-state index is 0. The quantitative estimate of drug-likeness (QED) is 0.229. The van der Waals surface area contributed by atoms with Gasteiger partial charge in [0.2, 0.25) is 11.8 Å². The van der Waals surface area contributed by atoms with Crippen LogP contribution in [-0.2, 0) is 11.3 Å². The van der Waals surface area contributed by atoms with Crippen LogP contribution in [0.5, 0.6) is 5.88 Å². The monoisotopic (exact) mass is 489 g/mol. The summed E-state index contributed by atoms with van der Waals surface area (Å²) in [5.41, 5.74) is 1.04. The summed E-state index contributed by atoms with van der Waals surface area (Å²) in [4.78, 5) is 22.4. The molecule has 0 aromatic carbocycles. The maximum Gasteiger partial charge on any atom is 0.222 e. The minimum absolute atomic E-state index is 0. The number of nitrogens with one attached hydrogen (secondary N) is 2. The molecule has 1 saturated heterocycles. The van der Waals surface area contributed by atoms with E-state index in [0.29, 0.717) is 25.5 Å². The van der Waals surface area contributed by atoms with E-state index in [1.165, 1.54) is 0 Å². The van der Waals surface area contributed by atoms with E-state index in [2.05, 4.69) is 27.5 Å². The Bertz CT molecular complexity index is 580. The summed E-state index contributed by atoms with van der Waals surface area (Å²) in [5.74, 6) is 1.72. The molecule has 1 aromatic heterocycles. The van der Waals surface area contributed by atoms with E-state index < -0.39 is 0 Å². The molecule has 0 unspecified atom stereocenters. The van der Waals surface area contributed by atoms with Crippen molar-refractivity contribution in [1.29, 1.82) is 0 Å². The first-order chi connectivity index (χ1) is 12.7. The third-order valence-corrected chi connectivity index (χ3v) is 4.08. The van der Waals surface area contributed by atoms with Gasteiger partial charge >= 0.3 is 0 Å². The molecular formula is C19H32IN5O2. The third kappa shape index (κ3) is 8.77. The number of guanidine groups is 1. The number of amides is 1. The number of pyridine rings is 1. The second kappa shape index (κ2) is 13.6. The van der Waals surface area contributed by atoms with Gasteiger partial charge in [0.1, 0.15) is 0 Å². The Morgan fingerprint density at radius 3 is 2.81 bits per heavy atom. The van der Waals surface area contributed by atoms with Crippen molar-refractivity contribution in [3.63, 3.8) is 0 Å². The van der Waals surface area contributed by atoms with Gasteiger partial charge in [-0.15, -0.1) is 24.0 Å². The van der Waals surface area contributed by atoms with Gasteiger partial charge in [0.15, 0.2) is 5.96 Å². The maximum absolute atomic E-state index is 11.6. The normalized spacial score (nSPS) is 14.1. The molecule has 2 N–H and O–H groups in total. The van der Waals surface area contributed by atoms with Crippen LogP contribution in [-0.4, -0.2) is 54.5 Å². The van der Waals surface area contributed by atoms with Crippen LogP contribution >= 0.6 is 24.0 Å². The van der Waals surface area contributed by atoms with Crippen LogP contribution in [0.25, 0.3) is 0 Å². The van der Waals surface area contributed by atoms with Crippen molar-refractivity contribution < 1.29 is 9.53 Å². The molecule has 8 heteroatoms.